The van der Waals surface area contributed by atoms with E-state index in [0.29, 0.717) is 0 Å². The van der Waals surface area contributed by atoms with Crippen molar-refractivity contribution >= 4 is 27.2 Å². The molecule has 5 heteroatoms. The van der Waals surface area contributed by atoms with Crippen LogP contribution in [0.2, 0.25) is 0 Å². The van der Waals surface area contributed by atoms with Crippen LogP contribution in [0.5, 0.6) is 5.75 Å². The number of fused-ring (bicyclic) bond motifs is 2. The summed E-state index contributed by atoms with van der Waals surface area (Å²) in [6.45, 7) is 0. The van der Waals surface area contributed by atoms with Gasteiger partial charge in [-0.3, -0.25) is 4.40 Å². The summed E-state index contributed by atoms with van der Waals surface area (Å²) in [5.74, 6) is 0.815. The lowest BCUT2D eigenvalue weighted by Crippen LogP contribution is -1.89. The van der Waals surface area contributed by atoms with Gasteiger partial charge in [-0.05, 0) is 36.4 Å². The monoisotopic (exact) mass is 357 g/mol. The summed E-state index contributed by atoms with van der Waals surface area (Å²) in [5, 5.41) is 0.961. The molecule has 0 unspecified atom stereocenters. The van der Waals surface area contributed by atoms with Crippen molar-refractivity contribution < 1.29 is 4.74 Å². The molecule has 0 radical (unpaired) electrons. The van der Waals surface area contributed by atoms with Gasteiger partial charge in [0.1, 0.15) is 22.1 Å². The van der Waals surface area contributed by atoms with Gasteiger partial charge in [0.2, 0.25) is 0 Å². The first kappa shape index (κ1) is 15.1. The van der Waals surface area contributed by atoms with E-state index < -0.39 is 0 Å². The van der Waals surface area contributed by atoms with E-state index in [0.717, 1.165) is 38.9 Å². The Hall–Kier alpha value is -3.18. The van der Waals surface area contributed by atoms with Crippen LogP contribution in [0.4, 0.5) is 0 Å². The lowest BCUT2D eigenvalue weighted by atomic mass is 10.1. The molecular weight excluding hydrogens is 342 g/mol. The summed E-state index contributed by atoms with van der Waals surface area (Å²) < 4.78 is 8.67. The van der Waals surface area contributed by atoms with Crippen LogP contribution in [0.25, 0.3) is 37.8 Å². The molecule has 0 spiro atoms. The van der Waals surface area contributed by atoms with E-state index in [2.05, 4.69) is 16.5 Å². The van der Waals surface area contributed by atoms with Gasteiger partial charge >= 0.3 is 0 Å². The number of hydrogen-bond donors (Lipinski definition) is 0. The van der Waals surface area contributed by atoms with E-state index >= 15 is 0 Å². The van der Waals surface area contributed by atoms with Crippen molar-refractivity contribution in [1.82, 2.24) is 14.4 Å². The van der Waals surface area contributed by atoms with Crippen molar-refractivity contribution in [2.24, 2.45) is 0 Å². The number of ether oxygens (including phenoxy) is 1. The number of aromatic nitrogens is 3. The fourth-order valence-electron chi connectivity index (χ4n) is 3.15. The zero-order valence-electron chi connectivity index (χ0n) is 14.1. The summed E-state index contributed by atoms with van der Waals surface area (Å²) in [7, 11) is 1.68. The molecular formula is C21H15N3OS. The molecule has 2 aromatic carbocycles. The average Bonchev–Trinajstić information content (AvgIpc) is 3.29. The fraction of sp³-hybridized carbons (Fsp3) is 0.0476. The summed E-state index contributed by atoms with van der Waals surface area (Å²) >= 11 is 1.69. The van der Waals surface area contributed by atoms with Crippen LogP contribution in [0.1, 0.15) is 0 Å². The lowest BCUT2D eigenvalue weighted by Gasteiger charge is -2.04. The predicted octanol–water partition coefficient (Wildman–Crippen LogP) is 5.29. The van der Waals surface area contributed by atoms with Crippen LogP contribution in [0.15, 0.2) is 72.9 Å². The lowest BCUT2D eigenvalue weighted by molar-refractivity contribution is 0.415. The highest BCUT2D eigenvalue weighted by molar-refractivity contribution is 7.21. The van der Waals surface area contributed by atoms with Crippen molar-refractivity contribution in [3.05, 3.63) is 72.9 Å². The highest BCUT2D eigenvalue weighted by Gasteiger charge is 2.19. The van der Waals surface area contributed by atoms with Gasteiger partial charge in [0.25, 0.3) is 0 Å². The number of thiazole rings is 1. The van der Waals surface area contributed by atoms with E-state index in [4.69, 9.17) is 14.7 Å². The smallest absolute Gasteiger partial charge is 0.143 e. The van der Waals surface area contributed by atoms with Crippen LogP contribution in [-0.4, -0.2) is 21.5 Å². The van der Waals surface area contributed by atoms with Crippen LogP contribution in [0, 0.1) is 0 Å². The van der Waals surface area contributed by atoms with E-state index in [1.165, 1.54) is 4.70 Å². The molecule has 126 valence electrons. The number of methoxy groups -OCH3 is 1. The molecule has 0 N–H and O–H groups in total. The average molecular weight is 357 g/mol. The van der Waals surface area contributed by atoms with Crippen LogP contribution >= 0.6 is 11.3 Å². The van der Waals surface area contributed by atoms with Gasteiger partial charge in [0.05, 0.1) is 23.0 Å². The van der Waals surface area contributed by atoms with Crippen LogP contribution in [0.3, 0.4) is 0 Å². The Morgan fingerprint density at radius 1 is 0.923 bits per heavy atom. The summed E-state index contributed by atoms with van der Waals surface area (Å²) in [4.78, 5) is 9.74. The zero-order valence-corrected chi connectivity index (χ0v) is 14.9. The van der Waals surface area contributed by atoms with Crippen LogP contribution < -0.4 is 4.74 Å². The van der Waals surface area contributed by atoms with Crippen molar-refractivity contribution in [2.45, 2.75) is 0 Å². The number of rotatable bonds is 3. The Labute approximate surface area is 154 Å². The van der Waals surface area contributed by atoms with Gasteiger partial charge in [-0.15, -0.1) is 11.3 Å². The molecule has 4 nitrogen and oxygen atoms in total. The Morgan fingerprint density at radius 2 is 1.81 bits per heavy atom. The number of pyridine rings is 1. The SMILES string of the molecule is COc1cccc(-c2nc3ccccn3c2-c2nc3ccccc3s2)c1. The van der Waals surface area contributed by atoms with Crippen molar-refractivity contribution in [2.75, 3.05) is 7.11 Å². The summed E-state index contributed by atoms with van der Waals surface area (Å²) in [6.07, 6.45) is 2.04. The molecule has 3 heterocycles. The standard InChI is InChI=1S/C21H15N3OS/c1-25-15-8-6-7-14(13-15)19-20(24-12-5-4-11-18(24)23-19)21-22-16-9-2-3-10-17(16)26-21/h2-13H,1H3. The Balaban J connectivity index is 1.82. The maximum absolute atomic E-state index is 5.40. The third-order valence-corrected chi connectivity index (χ3v) is 5.41. The first-order valence-electron chi connectivity index (χ1n) is 8.31. The molecule has 0 aliphatic rings. The normalized spacial score (nSPS) is 11.3. The molecule has 3 aromatic heterocycles. The first-order valence-corrected chi connectivity index (χ1v) is 9.12. The predicted molar refractivity (Wildman–Crippen MR) is 106 cm³/mol. The van der Waals surface area contributed by atoms with E-state index in [1.807, 2.05) is 60.8 Å². The second-order valence-corrected chi connectivity index (χ2v) is 6.99. The van der Waals surface area contributed by atoms with Crippen molar-refractivity contribution in [3.8, 4) is 27.7 Å². The van der Waals surface area contributed by atoms with Crippen molar-refractivity contribution in [3.63, 3.8) is 0 Å². The maximum Gasteiger partial charge on any atom is 0.143 e. The largest absolute Gasteiger partial charge is 0.497 e. The highest BCUT2D eigenvalue weighted by atomic mass is 32.1. The molecule has 5 rings (SSSR count). The number of imidazole rings is 1. The number of benzene rings is 2. The Kier molecular flexibility index (Phi) is 3.47. The van der Waals surface area contributed by atoms with Gasteiger partial charge < -0.3 is 4.74 Å². The quantitative estimate of drug-likeness (QED) is 0.441. The van der Waals surface area contributed by atoms with E-state index in [1.54, 1.807) is 18.4 Å². The molecule has 0 aliphatic heterocycles. The van der Waals surface area contributed by atoms with E-state index in [-0.39, 0.29) is 0 Å². The molecule has 0 atom stereocenters. The van der Waals surface area contributed by atoms with Crippen molar-refractivity contribution in [1.29, 1.82) is 0 Å². The fourth-order valence-corrected chi connectivity index (χ4v) is 4.15. The van der Waals surface area contributed by atoms with Gasteiger partial charge in [-0.1, -0.05) is 30.3 Å². The minimum atomic E-state index is 0.815. The zero-order chi connectivity index (χ0) is 17.5. The molecule has 0 amide bonds. The molecule has 0 fully saturated rings. The Morgan fingerprint density at radius 3 is 2.69 bits per heavy atom. The second-order valence-electron chi connectivity index (χ2n) is 5.96. The maximum atomic E-state index is 5.40. The summed E-state index contributed by atoms with van der Waals surface area (Å²) in [6, 6.07) is 22.2. The third kappa shape index (κ3) is 2.36. The number of hydrogen-bond acceptors (Lipinski definition) is 4. The Bertz CT molecular complexity index is 1210. The topological polar surface area (TPSA) is 39.4 Å². The number of para-hydroxylation sites is 1. The van der Waals surface area contributed by atoms with Gasteiger partial charge in [0, 0.05) is 11.8 Å². The molecule has 26 heavy (non-hydrogen) atoms. The molecule has 5 aromatic rings. The van der Waals surface area contributed by atoms with Crippen LogP contribution in [-0.2, 0) is 0 Å². The highest BCUT2D eigenvalue weighted by Crippen LogP contribution is 2.37. The minimum absolute atomic E-state index is 0.815. The molecule has 0 saturated carbocycles. The number of nitrogens with zero attached hydrogens (tertiary/aromatic N) is 3. The second kappa shape index (κ2) is 5.97. The van der Waals surface area contributed by atoms with E-state index in [9.17, 15) is 0 Å². The minimum Gasteiger partial charge on any atom is -0.497 e. The molecule has 0 bridgehead atoms. The third-order valence-electron chi connectivity index (χ3n) is 4.37. The van der Waals surface area contributed by atoms with Gasteiger partial charge in [-0.2, -0.15) is 0 Å². The summed E-state index contributed by atoms with van der Waals surface area (Å²) in [5.41, 5.74) is 4.85. The van der Waals surface area contributed by atoms with Gasteiger partial charge in [-0.25, -0.2) is 9.97 Å². The molecule has 0 saturated heterocycles. The molecule has 0 aliphatic carbocycles. The first-order chi connectivity index (χ1) is 12.8. The van der Waals surface area contributed by atoms with Gasteiger partial charge in [0.15, 0.2) is 0 Å².